The minimum atomic E-state index is 0.711. The van der Waals surface area contributed by atoms with Crippen molar-refractivity contribution in [3.63, 3.8) is 0 Å². The van der Waals surface area contributed by atoms with Crippen molar-refractivity contribution in [2.75, 3.05) is 19.0 Å². The average Bonchev–Trinajstić information content (AvgIpc) is 2.52. The molecule has 0 fully saturated rings. The third-order valence-corrected chi connectivity index (χ3v) is 3.14. The van der Waals surface area contributed by atoms with E-state index in [4.69, 9.17) is 4.74 Å². The van der Waals surface area contributed by atoms with E-state index in [1.807, 2.05) is 31.3 Å². The number of benzene rings is 1. The SMILES string of the molecule is CCCOc1ccccc1-c1ncnc(NC)c1CC. The Hall–Kier alpha value is -2.10. The fraction of sp³-hybridized carbons (Fsp3) is 0.375. The van der Waals surface area contributed by atoms with E-state index in [9.17, 15) is 0 Å². The molecule has 2 aromatic rings. The van der Waals surface area contributed by atoms with Crippen LogP contribution in [-0.2, 0) is 6.42 Å². The molecule has 0 aliphatic carbocycles. The van der Waals surface area contributed by atoms with Crippen molar-refractivity contribution in [2.24, 2.45) is 0 Å². The zero-order chi connectivity index (χ0) is 14.4. The first-order chi connectivity index (χ1) is 9.81. The zero-order valence-corrected chi connectivity index (χ0v) is 12.3. The smallest absolute Gasteiger partial charge is 0.132 e. The number of hydrogen-bond acceptors (Lipinski definition) is 4. The van der Waals surface area contributed by atoms with Crippen molar-refractivity contribution in [3.8, 4) is 17.0 Å². The lowest BCUT2D eigenvalue weighted by Crippen LogP contribution is -2.04. The lowest BCUT2D eigenvalue weighted by Gasteiger charge is -2.14. The van der Waals surface area contributed by atoms with Gasteiger partial charge in [0.1, 0.15) is 17.9 Å². The Morgan fingerprint density at radius 1 is 1.15 bits per heavy atom. The molecule has 1 aromatic carbocycles. The van der Waals surface area contributed by atoms with Gasteiger partial charge in [0.2, 0.25) is 0 Å². The highest BCUT2D eigenvalue weighted by Crippen LogP contribution is 2.33. The minimum Gasteiger partial charge on any atom is -0.493 e. The lowest BCUT2D eigenvalue weighted by atomic mass is 10.0. The topological polar surface area (TPSA) is 47.0 Å². The number of anilines is 1. The summed E-state index contributed by atoms with van der Waals surface area (Å²) in [6.07, 6.45) is 3.45. The number of nitrogens with zero attached hydrogens (tertiary/aromatic N) is 2. The predicted molar refractivity (Wildman–Crippen MR) is 82.2 cm³/mol. The van der Waals surface area contributed by atoms with Gasteiger partial charge in [-0.25, -0.2) is 9.97 Å². The summed E-state index contributed by atoms with van der Waals surface area (Å²) in [7, 11) is 1.88. The maximum absolute atomic E-state index is 5.83. The minimum absolute atomic E-state index is 0.711. The number of nitrogens with one attached hydrogen (secondary N) is 1. The monoisotopic (exact) mass is 271 g/mol. The molecule has 0 spiro atoms. The lowest BCUT2D eigenvalue weighted by molar-refractivity contribution is 0.318. The molecule has 0 saturated heterocycles. The Balaban J connectivity index is 2.51. The molecule has 0 aliphatic rings. The van der Waals surface area contributed by atoms with Crippen LogP contribution in [0.25, 0.3) is 11.3 Å². The number of para-hydroxylation sites is 1. The Bertz CT molecular complexity index is 569. The van der Waals surface area contributed by atoms with Crippen molar-refractivity contribution < 1.29 is 4.74 Å². The van der Waals surface area contributed by atoms with E-state index in [0.717, 1.165) is 41.2 Å². The molecular weight excluding hydrogens is 250 g/mol. The van der Waals surface area contributed by atoms with Crippen LogP contribution in [0.3, 0.4) is 0 Å². The molecule has 1 heterocycles. The Kier molecular flexibility index (Phi) is 4.93. The van der Waals surface area contributed by atoms with E-state index < -0.39 is 0 Å². The van der Waals surface area contributed by atoms with E-state index in [-0.39, 0.29) is 0 Å². The first kappa shape index (κ1) is 14.3. The molecule has 20 heavy (non-hydrogen) atoms. The van der Waals surface area contributed by atoms with E-state index >= 15 is 0 Å². The van der Waals surface area contributed by atoms with Gasteiger partial charge in [0.15, 0.2) is 0 Å². The highest BCUT2D eigenvalue weighted by atomic mass is 16.5. The van der Waals surface area contributed by atoms with E-state index in [0.29, 0.717) is 6.61 Å². The van der Waals surface area contributed by atoms with Crippen molar-refractivity contribution in [1.82, 2.24) is 9.97 Å². The summed E-state index contributed by atoms with van der Waals surface area (Å²) in [6, 6.07) is 8.03. The van der Waals surface area contributed by atoms with Gasteiger partial charge in [-0.3, -0.25) is 0 Å². The van der Waals surface area contributed by atoms with Gasteiger partial charge in [-0.15, -0.1) is 0 Å². The van der Waals surface area contributed by atoms with Crippen LogP contribution in [0.15, 0.2) is 30.6 Å². The zero-order valence-electron chi connectivity index (χ0n) is 12.3. The van der Waals surface area contributed by atoms with Crippen LogP contribution in [-0.4, -0.2) is 23.6 Å². The van der Waals surface area contributed by atoms with Gasteiger partial charge in [0, 0.05) is 18.2 Å². The second kappa shape index (κ2) is 6.89. The number of rotatable bonds is 6. The Morgan fingerprint density at radius 3 is 2.65 bits per heavy atom. The molecule has 1 N–H and O–H groups in total. The summed E-state index contributed by atoms with van der Waals surface area (Å²) < 4.78 is 5.83. The molecule has 1 aromatic heterocycles. The third-order valence-electron chi connectivity index (χ3n) is 3.14. The second-order valence-electron chi connectivity index (χ2n) is 4.50. The molecule has 106 valence electrons. The molecule has 4 nitrogen and oxygen atoms in total. The van der Waals surface area contributed by atoms with Crippen LogP contribution in [0.5, 0.6) is 5.75 Å². The van der Waals surface area contributed by atoms with Crippen LogP contribution in [0, 0.1) is 0 Å². The highest BCUT2D eigenvalue weighted by molar-refractivity contribution is 5.73. The summed E-state index contributed by atoms with van der Waals surface area (Å²) in [5, 5.41) is 3.13. The summed E-state index contributed by atoms with van der Waals surface area (Å²) in [6.45, 7) is 4.92. The molecule has 0 atom stereocenters. The standard InChI is InChI=1S/C16H21N3O/c1-4-10-20-14-9-7-6-8-13(14)15-12(5-2)16(17-3)19-11-18-15/h6-9,11H,4-5,10H2,1-3H3,(H,17,18,19). The maximum atomic E-state index is 5.83. The summed E-state index contributed by atoms with van der Waals surface area (Å²) in [4.78, 5) is 8.75. The fourth-order valence-corrected chi connectivity index (χ4v) is 2.19. The predicted octanol–water partition coefficient (Wildman–Crippen LogP) is 3.54. The first-order valence-corrected chi connectivity index (χ1v) is 7.05. The van der Waals surface area contributed by atoms with Gasteiger partial charge in [0.25, 0.3) is 0 Å². The average molecular weight is 271 g/mol. The Morgan fingerprint density at radius 2 is 1.95 bits per heavy atom. The largest absolute Gasteiger partial charge is 0.493 e. The number of aromatic nitrogens is 2. The molecule has 2 rings (SSSR count). The van der Waals surface area contributed by atoms with Crippen LogP contribution in [0.2, 0.25) is 0 Å². The van der Waals surface area contributed by atoms with Crippen molar-refractivity contribution in [1.29, 1.82) is 0 Å². The highest BCUT2D eigenvalue weighted by Gasteiger charge is 2.14. The molecule has 0 amide bonds. The summed E-state index contributed by atoms with van der Waals surface area (Å²) in [5.74, 6) is 1.76. The van der Waals surface area contributed by atoms with E-state index in [1.54, 1.807) is 6.33 Å². The van der Waals surface area contributed by atoms with Gasteiger partial charge >= 0.3 is 0 Å². The van der Waals surface area contributed by atoms with Gasteiger partial charge in [-0.2, -0.15) is 0 Å². The molecule has 0 saturated carbocycles. The number of hydrogen-bond donors (Lipinski definition) is 1. The van der Waals surface area contributed by atoms with Crippen LogP contribution in [0.4, 0.5) is 5.82 Å². The first-order valence-electron chi connectivity index (χ1n) is 7.05. The summed E-state index contributed by atoms with van der Waals surface area (Å²) in [5.41, 5.74) is 3.08. The molecule has 0 radical (unpaired) electrons. The van der Waals surface area contributed by atoms with Gasteiger partial charge in [-0.1, -0.05) is 26.0 Å². The van der Waals surface area contributed by atoms with Gasteiger partial charge < -0.3 is 10.1 Å². The maximum Gasteiger partial charge on any atom is 0.132 e. The van der Waals surface area contributed by atoms with E-state index in [1.165, 1.54) is 0 Å². The third kappa shape index (κ3) is 2.90. The number of ether oxygens (including phenoxy) is 1. The van der Waals surface area contributed by atoms with Crippen molar-refractivity contribution in [2.45, 2.75) is 26.7 Å². The van der Waals surface area contributed by atoms with E-state index in [2.05, 4.69) is 29.1 Å². The molecular formula is C16H21N3O. The van der Waals surface area contributed by atoms with Crippen LogP contribution >= 0.6 is 0 Å². The van der Waals surface area contributed by atoms with Gasteiger partial charge in [0.05, 0.1) is 12.3 Å². The van der Waals surface area contributed by atoms with Crippen LogP contribution < -0.4 is 10.1 Å². The van der Waals surface area contributed by atoms with Crippen molar-refractivity contribution in [3.05, 3.63) is 36.2 Å². The molecule has 4 heteroatoms. The summed E-state index contributed by atoms with van der Waals surface area (Å²) >= 11 is 0. The second-order valence-corrected chi connectivity index (χ2v) is 4.50. The fourth-order valence-electron chi connectivity index (χ4n) is 2.19. The van der Waals surface area contributed by atoms with Gasteiger partial charge in [-0.05, 0) is 25.0 Å². The van der Waals surface area contributed by atoms with Crippen molar-refractivity contribution >= 4 is 5.82 Å². The Labute approximate surface area is 120 Å². The quantitative estimate of drug-likeness (QED) is 0.873. The molecule has 0 unspecified atom stereocenters. The molecule has 0 bridgehead atoms. The molecule has 0 aliphatic heterocycles. The van der Waals surface area contributed by atoms with Crippen LogP contribution in [0.1, 0.15) is 25.8 Å². The normalized spacial score (nSPS) is 10.3.